The molecule has 2 aliphatic rings. The molecule has 9 nitrogen and oxygen atoms in total. The minimum Gasteiger partial charge on any atom is -0.494 e. The van der Waals surface area contributed by atoms with Crippen LogP contribution in [-0.2, 0) is 19.0 Å². The minimum absolute atomic E-state index is 0.0665. The lowest BCUT2D eigenvalue weighted by atomic mass is 9.95. The number of nitrogens with one attached hydrogen (secondary N) is 1. The van der Waals surface area contributed by atoms with Gasteiger partial charge in [0.05, 0.1) is 48.5 Å². The molecular weight excluding hydrogens is 459 g/mol. The van der Waals surface area contributed by atoms with E-state index < -0.39 is 35.7 Å². The number of carbonyl (C=O) groups excluding carboxylic acids is 2. The van der Waals surface area contributed by atoms with Gasteiger partial charge in [0.1, 0.15) is 17.5 Å². The Kier molecular flexibility index (Phi) is 7.02. The normalized spacial score (nSPS) is 23.8. The van der Waals surface area contributed by atoms with Gasteiger partial charge >= 0.3 is 12.1 Å². The van der Waals surface area contributed by atoms with E-state index in [-0.39, 0.29) is 23.3 Å². The summed E-state index contributed by atoms with van der Waals surface area (Å²) < 4.78 is 43.4. The minimum atomic E-state index is -0.823. The topological polar surface area (TPSA) is 105 Å². The highest BCUT2D eigenvalue weighted by Crippen LogP contribution is 2.46. The number of methoxy groups -OCH3 is 1. The molecule has 4 rings (SSSR count). The van der Waals surface area contributed by atoms with Crippen LogP contribution in [0, 0.1) is 5.82 Å². The number of amides is 1. The van der Waals surface area contributed by atoms with Crippen LogP contribution in [0.4, 0.5) is 9.18 Å². The number of nitrogens with zero attached hydrogens (tertiary/aromatic N) is 1. The zero-order valence-corrected chi connectivity index (χ0v) is 20.6. The fourth-order valence-corrected chi connectivity index (χ4v) is 4.50. The number of esters is 1. The largest absolute Gasteiger partial charge is 0.494 e. The lowest BCUT2D eigenvalue weighted by Gasteiger charge is -2.32. The summed E-state index contributed by atoms with van der Waals surface area (Å²) in [6, 6.07) is 2.99. The molecule has 1 fully saturated rings. The number of benzene rings is 1. The van der Waals surface area contributed by atoms with Gasteiger partial charge in [-0.25, -0.2) is 9.18 Å². The van der Waals surface area contributed by atoms with E-state index >= 15 is 4.39 Å². The number of hydrogen-bond donors (Lipinski definition) is 1. The third-order valence-electron chi connectivity index (χ3n) is 5.94. The van der Waals surface area contributed by atoms with E-state index in [1.807, 2.05) is 0 Å². The Labute approximate surface area is 203 Å². The number of pyridine rings is 1. The Morgan fingerprint density at radius 3 is 2.66 bits per heavy atom. The van der Waals surface area contributed by atoms with Gasteiger partial charge < -0.3 is 29.0 Å². The molecule has 4 atom stereocenters. The van der Waals surface area contributed by atoms with Gasteiger partial charge in [-0.2, -0.15) is 0 Å². The Morgan fingerprint density at radius 1 is 1.26 bits per heavy atom. The van der Waals surface area contributed by atoms with E-state index in [2.05, 4.69) is 10.3 Å². The van der Waals surface area contributed by atoms with Crippen LogP contribution in [0.15, 0.2) is 18.3 Å². The van der Waals surface area contributed by atoms with Crippen LogP contribution in [0.3, 0.4) is 0 Å². The molecule has 0 radical (unpaired) electrons. The van der Waals surface area contributed by atoms with Gasteiger partial charge in [-0.05, 0) is 45.7 Å². The first-order chi connectivity index (χ1) is 16.6. The molecule has 35 heavy (non-hydrogen) atoms. The molecule has 1 aromatic heterocycles. The molecule has 2 aromatic rings. The van der Waals surface area contributed by atoms with Gasteiger partial charge in [-0.15, -0.1) is 0 Å². The number of aromatic nitrogens is 1. The molecular formula is C25H31FN2O7. The molecule has 1 aromatic carbocycles. The summed E-state index contributed by atoms with van der Waals surface area (Å²) in [7, 11) is 1.38. The van der Waals surface area contributed by atoms with Crippen molar-refractivity contribution in [3.8, 4) is 11.5 Å². The molecule has 1 N–H and O–H groups in total. The Bertz CT molecular complexity index is 1110. The van der Waals surface area contributed by atoms with E-state index in [9.17, 15) is 9.59 Å². The summed E-state index contributed by atoms with van der Waals surface area (Å²) in [5, 5.41) is 3.04. The number of halogens is 1. The van der Waals surface area contributed by atoms with E-state index in [4.69, 9.17) is 23.7 Å². The van der Waals surface area contributed by atoms with Crippen LogP contribution in [0.2, 0.25) is 0 Å². The average Bonchev–Trinajstić information content (AvgIpc) is 3.10. The van der Waals surface area contributed by atoms with E-state index in [0.717, 1.165) is 0 Å². The lowest BCUT2D eigenvalue weighted by Crippen LogP contribution is -2.45. The zero-order chi connectivity index (χ0) is 25.3. The first-order valence-corrected chi connectivity index (χ1v) is 11.7. The van der Waals surface area contributed by atoms with Crippen molar-refractivity contribution in [3.05, 3.63) is 29.7 Å². The van der Waals surface area contributed by atoms with Crippen molar-refractivity contribution >= 4 is 23.0 Å². The van der Waals surface area contributed by atoms with Crippen LogP contribution >= 0.6 is 0 Å². The smallest absolute Gasteiger partial charge is 0.407 e. The number of rotatable bonds is 5. The maximum atomic E-state index is 15.2. The summed E-state index contributed by atoms with van der Waals surface area (Å²) in [5.74, 6) is -0.658. The third kappa shape index (κ3) is 5.58. The lowest BCUT2D eigenvalue weighted by molar-refractivity contribution is -0.151. The molecule has 0 saturated carbocycles. The van der Waals surface area contributed by atoms with Gasteiger partial charge in [0.25, 0.3) is 0 Å². The van der Waals surface area contributed by atoms with Crippen LogP contribution in [0.5, 0.6) is 11.5 Å². The quantitative estimate of drug-likeness (QED) is 0.622. The second kappa shape index (κ2) is 9.85. The Morgan fingerprint density at radius 2 is 2.03 bits per heavy atom. The summed E-state index contributed by atoms with van der Waals surface area (Å²) in [4.78, 5) is 28.3. The van der Waals surface area contributed by atoms with Crippen molar-refractivity contribution in [2.24, 2.45) is 0 Å². The van der Waals surface area contributed by atoms with E-state index in [0.29, 0.717) is 42.7 Å². The molecule has 2 aliphatic heterocycles. The molecule has 0 spiro atoms. The summed E-state index contributed by atoms with van der Waals surface area (Å²) in [6.45, 7) is 7.04. The number of hydrogen-bond acceptors (Lipinski definition) is 8. The van der Waals surface area contributed by atoms with Crippen LogP contribution < -0.4 is 14.8 Å². The van der Waals surface area contributed by atoms with E-state index in [1.165, 1.54) is 26.3 Å². The number of ether oxygens (including phenoxy) is 5. The zero-order valence-electron chi connectivity index (χ0n) is 20.6. The van der Waals surface area contributed by atoms with Crippen molar-refractivity contribution in [2.75, 3.05) is 13.7 Å². The maximum Gasteiger partial charge on any atom is 0.407 e. The average molecular weight is 491 g/mol. The van der Waals surface area contributed by atoms with Crippen molar-refractivity contribution in [1.82, 2.24) is 10.3 Å². The molecule has 10 heteroatoms. The predicted molar refractivity (Wildman–Crippen MR) is 124 cm³/mol. The van der Waals surface area contributed by atoms with Gasteiger partial charge in [0.2, 0.25) is 0 Å². The highest BCUT2D eigenvalue weighted by molar-refractivity contribution is 5.87. The standard InChI is InChI=1S/C25H31FN2O7/c1-13(29)33-23-18(10-15-7-6-14(12-32-15)28-24(30)35-25(2,3)4)34-19-11-27-16-8-9-17(31-5)22(26)20(16)21(19)23/h8-9,11,14-15,18,23H,6-7,10,12H2,1-5H3,(H,28,30)/t14?,15?,18-,23?/m1/s1. The second-order valence-corrected chi connectivity index (χ2v) is 9.81. The van der Waals surface area contributed by atoms with Crippen molar-refractivity contribution in [2.45, 2.75) is 76.9 Å². The highest BCUT2D eigenvalue weighted by Gasteiger charge is 2.42. The number of carbonyl (C=O) groups is 2. The third-order valence-corrected chi connectivity index (χ3v) is 5.94. The van der Waals surface area contributed by atoms with Crippen molar-refractivity contribution < 1.29 is 37.7 Å². The summed E-state index contributed by atoms with van der Waals surface area (Å²) in [5.41, 5.74) is 0.269. The number of fused-ring (bicyclic) bond motifs is 3. The van der Waals surface area contributed by atoms with Gasteiger partial charge in [-0.1, -0.05) is 0 Å². The van der Waals surface area contributed by atoms with Crippen molar-refractivity contribution in [3.63, 3.8) is 0 Å². The first kappa shape index (κ1) is 25.0. The first-order valence-electron chi connectivity index (χ1n) is 11.7. The molecule has 190 valence electrons. The molecule has 3 heterocycles. The fourth-order valence-electron chi connectivity index (χ4n) is 4.50. The maximum absolute atomic E-state index is 15.2. The van der Waals surface area contributed by atoms with Gasteiger partial charge in [0.15, 0.2) is 17.7 Å². The second-order valence-electron chi connectivity index (χ2n) is 9.81. The molecule has 0 aliphatic carbocycles. The molecule has 0 bridgehead atoms. The number of alkyl carbamates (subject to hydrolysis) is 1. The summed E-state index contributed by atoms with van der Waals surface area (Å²) in [6.07, 6.45) is 1.21. The fraction of sp³-hybridized carbons (Fsp3) is 0.560. The van der Waals surface area contributed by atoms with Crippen LogP contribution in [0.1, 0.15) is 58.6 Å². The molecule has 1 saturated heterocycles. The Hall–Kier alpha value is -3.14. The SMILES string of the molecule is COc1ccc2ncc3c(c2c1F)C(OC(C)=O)[C@@H](CC1CCC(NC(=O)OC(C)(C)C)CO1)O3. The monoisotopic (exact) mass is 490 g/mol. The van der Waals surface area contributed by atoms with Gasteiger partial charge in [0, 0.05) is 13.3 Å². The van der Waals surface area contributed by atoms with Crippen LogP contribution in [0.25, 0.3) is 10.9 Å². The predicted octanol–water partition coefficient (Wildman–Crippen LogP) is 4.21. The molecule has 1 amide bonds. The molecule has 3 unspecified atom stereocenters. The Balaban J connectivity index is 1.48. The van der Waals surface area contributed by atoms with Crippen molar-refractivity contribution in [1.29, 1.82) is 0 Å². The van der Waals surface area contributed by atoms with Gasteiger partial charge in [-0.3, -0.25) is 9.78 Å². The van der Waals surface area contributed by atoms with E-state index in [1.54, 1.807) is 26.8 Å². The van der Waals surface area contributed by atoms with Crippen LogP contribution in [-0.4, -0.2) is 54.6 Å². The summed E-state index contributed by atoms with van der Waals surface area (Å²) >= 11 is 0. The highest BCUT2D eigenvalue weighted by atomic mass is 19.1.